The molecule has 5 rings (SSSR count). The monoisotopic (exact) mass is 323 g/mol. The summed E-state index contributed by atoms with van der Waals surface area (Å²) in [7, 11) is 1.92. The molecule has 0 atom stereocenters. The molecule has 0 aliphatic carbocycles. The number of hydrogen-bond donors (Lipinski definition) is 1. The number of pyridine rings is 2. The molecule has 0 fully saturated rings. The van der Waals surface area contributed by atoms with Gasteiger partial charge in [0.05, 0.1) is 22.1 Å². The molecule has 5 heteroatoms. The number of rotatable bonds is 0. The van der Waals surface area contributed by atoms with E-state index in [2.05, 4.69) is 6.07 Å². The molecular weight excluding hydrogens is 310 g/mol. The van der Waals surface area contributed by atoms with Gasteiger partial charge in [-0.1, -0.05) is 30.3 Å². The number of fused-ring (bicyclic) bond motifs is 5. The molecule has 0 bridgehead atoms. The van der Waals surface area contributed by atoms with Gasteiger partial charge in [-0.25, -0.2) is 4.98 Å². The first-order valence-electron chi connectivity index (χ1n) is 7.97. The Labute approximate surface area is 142 Å². The number of para-hydroxylation sites is 3. The maximum absolute atomic E-state index is 9.87. The lowest BCUT2D eigenvalue weighted by atomic mass is 10.1. The topological polar surface area (TPSA) is 69.9 Å². The lowest BCUT2D eigenvalue weighted by Crippen LogP contribution is -2.16. The number of nitrogens with zero attached hydrogens (tertiary/aromatic N) is 4. The summed E-state index contributed by atoms with van der Waals surface area (Å²) in [5.74, 6) is 0. The van der Waals surface area contributed by atoms with Gasteiger partial charge in [0.15, 0.2) is 0 Å². The third-order valence-corrected chi connectivity index (χ3v) is 4.79. The van der Waals surface area contributed by atoms with Crippen molar-refractivity contribution < 1.29 is 0 Å². The Bertz CT molecular complexity index is 1430. The third kappa shape index (κ3) is 1.65. The first-order valence-corrected chi connectivity index (χ1v) is 7.97. The van der Waals surface area contributed by atoms with E-state index in [9.17, 15) is 5.26 Å². The third-order valence-electron chi connectivity index (χ3n) is 4.79. The highest BCUT2D eigenvalue weighted by Gasteiger charge is 2.18. The summed E-state index contributed by atoms with van der Waals surface area (Å²) in [6.07, 6.45) is 0. The fourth-order valence-electron chi connectivity index (χ4n) is 3.64. The second kappa shape index (κ2) is 4.68. The summed E-state index contributed by atoms with van der Waals surface area (Å²) in [5, 5.41) is 20.3. The summed E-state index contributed by atoms with van der Waals surface area (Å²) in [4.78, 5) is 4.70. The zero-order valence-corrected chi connectivity index (χ0v) is 13.5. The van der Waals surface area contributed by atoms with E-state index in [-0.39, 0.29) is 0 Å². The van der Waals surface area contributed by atoms with Crippen LogP contribution in [0.25, 0.3) is 38.5 Å². The quantitative estimate of drug-likeness (QED) is 0.443. The Hall–Kier alpha value is -3.65. The van der Waals surface area contributed by atoms with Crippen LogP contribution in [0.15, 0.2) is 54.6 Å². The smallest absolute Gasteiger partial charge is 0.140 e. The molecular formula is C20H13N5. The van der Waals surface area contributed by atoms with Crippen molar-refractivity contribution in [2.75, 3.05) is 0 Å². The van der Waals surface area contributed by atoms with E-state index < -0.39 is 0 Å². The van der Waals surface area contributed by atoms with Crippen LogP contribution in [0.1, 0.15) is 5.56 Å². The van der Waals surface area contributed by atoms with E-state index in [0.717, 1.165) is 21.9 Å². The van der Waals surface area contributed by atoms with Crippen LogP contribution in [-0.4, -0.2) is 14.0 Å². The van der Waals surface area contributed by atoms with E-state index in [1.54, 1.807) is 0 Å². The average molecular weight is 323 g/mol. The molecule has 0 radical (unpaired) electrons. The Kier molecular flexibility index (Phi) is 2.58. The van der Waals surface area contributed by atoms with Crippen LogP contribution in [0.4, 0.5) is 0 Å². The van der Waals surface area contributed by atoms with E-state index in [0.29, 0.717) is 27.6 Å². The standard InChI is InChI=1S/C20H13N5/c1-24-16-8-4-5-9-17(16)25-19(22)13-10-12-6-2-3-7-15(12)23-18(13)14(11-21)20(24)25/h2-10,22H,1H3. The van der Waals surface area contributed by atoms with Crippen LogP contribution in [-0.2, 0) is 7.05 Å². The molecule has 3 aromatic heterocycles. The average Bonchev–Trinajstić information content (AvgIpc) is 2.95. The van der Waals surface area contributed by atoms with Gasteiger partial charge in [-0.15, -0.1) is 0 Å². The normalized spacial score (nSPS) is 11.5. The number of nitriles is 1. The maximum atomic E-state index is 9.87. The van der Waals surface area contributed by atoms with Crippen LogP contribution in [0.5, 0.6) is 0 Å². The Morgan fingerprint density at radius 3 is 2.56 bits per heavy atom. The SMILES string of the molecule is Cn1c2ccccc2n2c(=N)c3cc4ccccc4nc3c(C#N)c12. The van der Waals surface area contributed by atoms with E-state index in [1.807, 2.05) is 70.6 Å². The lowest BCUT2D eigenvalue weighted by Gasteiger charge is -2.08. The van der Waals surface area contributed by atoms with Gasteiger partial charge in [0, 0.05) is 17.8 Å². The van der Waals surface area contributed by atoms with Crippen LogP contribution in [0.3, 0.4) is 0 Å². The molecule has 118 valence electrons. The number of nitrogens with one attached hydrogen (secondary N) is 1. The van der Waals surface area contributed by atoms with Crippen molar-refractivity contribution in [2.24, 2.45) is 7.05 Å². The van der Waals surface area contributed by atoms with Crippen molar-refractivity contribution in [3.05, 3.63) is 65.6 Å². The Balaban J connectivity index is 2.18. The van der Waals surface area contributed by atoms with Crippen molar-refractivity contribution in [1.29, 1.82) is 10.7 Å². The minimum Gasteiger partial charge on any atom is -0.328 e. The van der Waals surface area contributed by atoms with Crippen LogP contribution < -0.4 is 5.49 Å². The highest BCUT2D eigenvalue weighted by molar-refractivity contribution is 5.99. The Morgan fingerprint density at radius 1 is 1.04 bits per heavy atom. The molecule has 0 aliphatic heterocycles. The summed E-state index contributed by atoms with van der Waals surface area (Å²) in [6, 6.07) is 19.9. The van der Waals surface area contributed by atoms with Gasteiger partial charge in [0.2, 0.25) is 0 Å². The summed E-state index contributed by atoms with van der Waals surface area (Å²) >= 11 is 0. The maximum Gasteiger partial charge on any atom is 0.140 e. The predicted octanol–water partition coefficient (Wildman–Crippen LogP) is 3.48. The first-order chi connectivity index (χ1) is 12.2. The molecule has 25 heavy (non-hydrogen) atoms. The van der Waals surface area contributed by atoms with Gasteiger partial charge in [-0.2, -0.15) is 5.26 Å². The number of aryl methyl sites for hydroxylation is 1. The number of imidazole rings is 1. The van der Waals surface area contributed by atoms with E-state index in [1.165, 1.54) is 0 Å². The van der Waals surface area contributed by atoms with Gasteiger partial charge in [0.25, 0.3) is 0 Å². The molecule has 5 nitrogen and oxygen atoms in total. The zero-order chi connectivity index (χ0) is 17.1. The van der Waals surface area contributed by atoms with Gasteiger partial charge < -0.3 is 4.57 Å². The van der Waals surface area contributed by atoms with Crippen LogP contribution >= 0.6 is 0 Å². The van der Waals surface area contributed by atoms with Gasteiger partial charge in [-0.3, -0.25) is 9.81 Å². The molecule has 3 heterocycles. The summed E-state index contributed by atoms with van der Waals surface area (Å²) in [6.45, 7) is 0. The zero-order valence-electron chi connectivity index (χ0n) is 13.5. The molecule has 0 saturated heterocycles. The molecule has 0 spiro atoms. The molecule has 2 aromatic carbocycles. The minimum atomic E-state index is 0.346. The molecule has 0 unspecified atom stereocenters. The van der Waals surface area contributed by atoms with Gasteiger partial charge >= 0.3 is 0 Å². The Morgan fingerprint density at radius 2 is 1.76 bits per heavy atom. The minimum absolute atomic E-state index is 0.346. The van der Waals surface area contributed by atoms with E-state index in [4.69, 9.17) is 10.4 Å². The fraction of sp³-hybridized carbons (Fsp3) is 0.0500. The number of benzene rings is 2. The lowest BCUT2D eigenvalue weighted by molar-refractivity contribution is 0.961. The van der Waals surface area contributed by atoms with Crippen molar-refractivity contribution >= 4 is 38.5 Å². The fourth-order valence-corrected chi connectivity index (χ4v) is 3.64. The summed E-state index contributed by atoms with van der Waals surface area (Å²) < 4.78 is 3.80. The number of hydrogen-bond acceptors (Lipinski definition) is 3. The van der Waals surface area contributed by atoms with Crippen LogP contribution in [0.2, 0.25) is 0 Å². The van der Waals surface area contributed by atoms with Crippen molar-refractivity contribution in [3.8, 4) is 6.07 Å². The molecule has 0 amide bonds. The van der Waals surface area contributed by atoms with Crippen molar-refractivity contribution in [1.82, 2.24) is 14.0 Å². The molecule has 0 aliphatic rings. The van der Waals surface area contributed by atoms with Gasteiger partial charge in [0.1, 0.15) is 22.8 Å². The second-order valence-corrected chi connectivity index (χ2v) is 6.12. The molecule has 0 saturated carbocycles. The molecule has 1 N–H and O–H groups in total. The first kappa shape index (κ1) is 13.8. The largest absolute Gasteiger partial charge is 0.328 e. The summed E-state index contributed by atoms with van der Waals surface area (Å²) in [5.41, 5.74) is 4.84. The van der Waals surface area contributed by atoms with Gasteiger partial charge in [-0.05, 0) is 24.3 Å². The highest BCUT2D eigenvalue weighted by atomic mass is 15.1. The molecule has 5 aromatic rings. The predicted molar refractivity (Wildman–Crippen MR) is 97.3 cm³/mol. The van der Waals surface area contributed by atoms with Crippen LogP contribution in [0, 0.1) is 16.7 Å². The second-order valence-electron chi connectivity index (χ2n) is 6.12. The number of aromatic nitrogens is 3. The van der Waals surface area contributed by atoms with E-state index >= 15 is 0 Å². The van der Waals surface area contributed by atoms with Crippen molar-refractivity contribution in [3.63, 3.8) is 0 Å². The highest BCUT2D eigenvalue weighted by Crippen LogP contribution is 2.26. The van der Waals surface area contributed by atoms with Crippen molar-refractivity contribution in [2.45, 2.75) is 0 Å².